The summed E-state index contributed by atoms with van der Waals surface area (Å²) in [6, 6.07) is 11.3. The van der Waals surface area contributed by atoms with Crippen LogP contribution < -0.4 is 0 Å². The molecule has 1 unspecified atom stereocenters. The predicted octanol–water partition coefficient (Wildman–Crippen LogP) is 2.90. The average Bonchev–Trinajstić information content (AvgIpc) is 2.65. The lowest BCUT2D eigenvalue weighted by Crippen LogP contribution is -2.24. The van der Waals surface area contributed by atoms with Crippen LogP contribution in [0.2, 0.25) is 0 Å². The molecular formula is C13H18N. The van der Waals surface area contributed by atoms with Gasteiger partial charge < -0.3 is 0 Å². The van der Waals surface area contributed by atoms with Gasteiger partial charge in [-0.05, 0) is 38.3 Å². The molecule has 1 heteroatoms. The fourth-order valence-electron chi connectivity index (χ4n) is 2.16. The van der Waals surface area contributed by atoms with Crippen molar-refractivity contribution in [3.63, 3.8) is 0 Å². The molecular weight excluding hydrogens is 170 g/mol. The summed E-state index contributed by atoms with van der Waals surface area (Å²) < 4.78 is 0. The highest BCUT2D eigenvalue weighted by Crippen LogP contribution is 2.26. The van der Waals surface area contributed by atoms with E-state index in [9.17, 15) is 0 Å². The Morgan fingerprint density at radius 3 is 2.64 bits per heavy atom. The maximum absolute atomic E-state index is 4.12. The largest absolute Gasteiger partial charge is 0.296 e. The van der Waals surface area contributed by atoms with E-state index in [0.717, 1.165) is 6.54 Å². The van der Waals surface area contributed by atoms with Crippen LogP contribution in [0.3, 0.4) is 0 Å². The van der Waals surface area contributed by atoms with Gasteiger partial charge in [0.1, 0.15) is 0 Å². The van der Waals surface area contributed by atoms with Gasteiger partial charge in [-0.25, -0.2) is 0 Å². The van der Waals surface area contributed by atoms with Gasteiger partial charge in [0.2, 0.25) is 0 Å². The Morgan fingerprint density at radius 1 is 1.36 bits per heavy atom. The van der Waals surface area contributed by atoms with Crippen LogP contribution in [0.15, 0.2) is 30.3 Å². The van der Waals surface area contributed by atoms with Gasteiger partial charge in [-0.2, -0.15) is 0 Å². The standard InChI is InChI=1S/C13H18N/c1-11-8-9-14(10-11)12(2)13-6-4-3-5-7-13/h3-7,11-12H,1,8-10H2,2H3/t11?,12-/m0/s1. The van der Waals surface area contributed by atoms with Crippen LogP contribution in [-0.2, 0) is 0 Å². The fraction of sp³-hybridized carbons (Fsp3) is 0.462. The monoisotopic (exact) mass is 188 g/mol. The molecule has 75 valence electrons. The number of nitrogens with zero attached hydrogens (tertiary/aromatic N) is 1. The minimum absolute atomic E-state index is 0.544. The maximum atomic E-state index is 4.12. The molecule has 0 aromatic heterocycles. The van der Waals surface area contributed by atoms with Crippen molar-refractivity contribution in [2.45, 2.75) is 19.4 Å². The Labute approximate surface area is 86.7 Å². The molecule has 1 saturated heterocycles. The third-order valence-corrected chi connectivity index (χ3v) is 3.15. The van der Waals surface area contributed by atoms with Crippen LogP contribution in [0, 0.1) is 12.8 Å². The first-order chi connectivity index (χ1) is 6.77. The number of hydrogen-bond acceptors (Lipinski definition) is 1. The Balaban J connectivity index is 2.05. The van der Waals surface area contributed by atoms with Crippen molar-refractivity contribution in [1.82, 2.24) is 4.90 Å². The first-order valence-corrected chi connectivity index (χ1v) is 5.39. The van der Waals surface area contributed by atoms with E-state index >= 15 is 0 Å². The lowest BCUT2D eigenvalue weighted by atomic mass is 10.1. The summed E-state index contributed by atoms with van der Waals surface area (Å²) in [5, 5.41) is 0. The summed E-state index contributed by atoms with van der Waals surface area (Å²) in [6.07, 6.45) is 1.25. The van der Waals surface area contributed by atoms with E-state index in [1.165, 1.54) is 18.5 Å². The van der Waals surface area contributed by atoms with Crippen LogP contribution in [0.25, 0.3) is 0 Å². The van der Waals surface area contributed by atoms with E-state index in [1.54, 1.807) is 0 Å². The lowest BCUT2D eigenvalue weighted by molar-refractivity contribution is 0.257. The number of likely N-dealkylation sites (tertiary alicyclic amines) is 1. The van der Waals surface area contributed by atoms with Gasteiger partial charge in [0, 0.05) is 12.6 Å². The van der Waals surface area contributed by atoms with Crippen LogP contribution in [0.5, 0.6) is 0 Å². The molecule has 1 fully saturated rings. The van der Waals surface area contributed by atoms with Crippen molar-refractivity contribution in [2.75, 3.05) is 13.1 Å². The normalized spacial score (nSPS) is 25.1. The molecule has 0 aliphatic carbocycles. The molecule has 1 heterocycles. The number of rotatable bonds is 2. The minimum atomic E-state index is 0.544. The summed E-state index contributed by atoms with van der Waals surface area (Å²) in [7, 11) is 0. The Bertz CT molecular complexity index is 281. The summed E-state index contributed by atoms with van der Waals surface area (Å²) in [6.45, 7) is 8.75. The molecule has 0 N–H and O–H groups in total. The molecule has 2 atom stereocenters. The third kappa shape index (κ3) is 1.98. The van der Waals surface area contributed by atoms with Crippen molar-refractivity contribution in [3.8, 4) is 0 Å². The number of hydrogen-bond donors (Lipinski definition) is 0. The smallest absolute Gasteiger partial charge is 0.0319 e. The summed E-state index contributed by atoms with van der Waals surface area (Å²) >= 11 is 0. The predicted molar refractivity (Wildman–Crippen MR) is 59.9 cm³/mol. The SMILES string of the molecule is [CH2]C1CCN([C@@H](C)c2ccccc2)C1. The summed E-state index contributed by atoms with van der Waals surface area (Å²) in [4.78, 5) is 2.52. The van der Waals surface area contributed by atoms with Crippen molar-refractivity contribution >= 4 is 0 Å². The molecule has 0 spiro atoms. The van der Waals surface area contributed by atoms with E-state index in [2.05, 4.69) is 49.1 Å². The second kappa shape index (κ2) is 4.14. The first-order valence-electron chi connectivity index (χ1n) is 5.39. The highest BCUT2D eigenvalue weighted by atomic mass is 15.2. The van der Waals surface area contributed by atoms with Crippen molar-refractivity contribution in [1.29, 1.82) is 0 Å². The molecule has 2 rings (SSSR count). The van der Waals surface area contributed by atoms with Crippen LogP contribution >= 0.6 is 0 Å². The van der Waals surface area contributed by atoms with Gasteiger partial charge in [0.05, 0.1) is 0 Å². The van der Waals surface area contributed by atoms with Gasteiger partial charge in [-0.3, -0.25) is 4.90 Å². The molecule has 1 aromatic rings. The molecule has 0 bridgehead atoms. The molecule has 1 aromatic carbocycles. The molecule has 1 aliphatic rings. The molecule has 14 heavy (non-hydrogen) atoms. The highest BCUT2D eigenvalue weighted by molar-refractivity contribution is 5.18. The topological polar surface area (TPSA) is 3.24 Å². The molecule has 1 nitrogen and oxygen atoms in total. The zero-order valence-electron chi connectivity index (χ0n) is 8.82. The van der Waals surface area contributed by atoms with Crippen molar-refractivity contribution < 1.29 is 0 Å². The van der Waals surface area contributed by atoms with Gasteiger partial charge in [0.25, 0.3) is 0 Å². The Morgan fingerprint density at radius 2 is 2.07 bits per heavy atom. The number of benzene rings is 1. The Kier molecular flexibility index (Phi) is 2.87. The van der Waals surface area contributed by atoms with E-state index in [1.807, 2.05) is 0 Å². The van der Waals surface area contributed by atoms with Gasteiger partial charge in [0.15, 0.2) is 0 Å². The van der Waals surface area contributed by atoms with Gasteiger partial charge >= 0.3 is 0 Å². The van der Waals surface area contributed by atoms with E-state index < -0.39 is 0 Å². The quantitative estimate of drug-likeness (QED) is 0.689. The van der Waals surface area contributed by atoms with E-state index in [0.29, 0.717) is 12.0 Å². The van der Waals surface area contributed by atoms with Gasteiger partial charge in [-0.1, -0.05) is 30.3 Å². The van der Waals surface area contributed by atoms with Crippen LogP contribution in [0.4, 0.5) is 0 Å². The summed E-state index contributed by atoms with van der Waals surface area (Å²) in [5.74, 6) is 0.626. The van der Waals surface area contributed by atoms with Crippen molar-refractivity contribution in [3.05, 3.63) is 42.8 Å². The fourth-order valence-corrected chi connectivity index (χ4v) is 2.16. The van der Waals surface area contributed by atoms with Crippen molar-refractivity contribution in [2.24, 2.45) is 5.92 Å². The second-order valence-corrected chi connectivity index (χ2v) is 4.24. The maximum Gasteiger partial charge on any atom is 0.0319 e. The lowest BCUT2D eigenvalue weighted by Gasteiger charge is -2.24. The van der Waals surface area contributed by atoms with Crippen LogP contribution in [0.1, 0.15) is 24.9 Å². The molecule has 0 amide bonds. The van der Waals surface area contributed by atoms with E-state index in [-0.39, 0.29) is 0 Å². The average molecular weight is 188 g/mol. The second-order valence-electron chi connectivity index (χ2n) is 4.24. The minimum Gasteiger partial charge on any atom is -0.296 e. The molecule has 1 aliphatic heterocycles. The van der Waals surface area contributed by atoms with Crippen LogP contribution in [-0.4, -0.2) is 18.0 Å². The zero-order chi connectivity index (χ0) is 9.97. The first kappa shape index (κ1) is 9.72. The summed E-state index contributed by atoms with van der Waals surface area (Å²) in [5.41, 5.74) is 1.42. The molecule has 0 saturated carbocycles. The highest BCUT2D eigenvalue weighted by Gasteiger charge is 2.23. The van der Waals surface area contributed by atoms with Gasteiger partial charge in [-0.15, -0.1) is 0 Å². The van der Waals surface area contributed by atoms with E-state index in [4.69, 9.17) is 0 Å². The molecule has 1 radical (unpaired) electrons. The Hall–Kier alpha value is -0.820. The third-order valence-electron chi connectivity index (χ3n) is 3.15. The zero-order valence-corrected chi connectivity index (χ0v) is 8.82.